The number of carbonyl (C=O) groups is 2. The summed E-state index contributed by atoms with van der Waals surface area (Å²) in [5, 5.41) is 5.89. The van der Waals surface area contributed by atoms with E-state index in [1.54, 1.807) is 0 Å². The number of fused-ring (bicyclic) bond motifs is 1. The third kappa shape index (κ3) is 4.12. The highest BCUT2D eigenvalue weighted by molar-refractivity contribution is 5.97. The lowest BCUT2D eigenvalue weighted by atomic mass is 10.1. The van der Waals surface area contributed by atoms with Crippen LogP contribution in [0.15, 0.2) is 0 Å². The number of hydrogen-bond donors (Lipinski definition) is 2. The summed E-state index contributed by atoms with van der Waals surface area (Å²) in [5.41, 5.74) is 0.956. The molecule has 6 heteroatoms. The topological polar surface area (TPSA) is 76.0 Å². The van der Waals surface area contributed by atoms with Crippen LogP contribution in [0.2, 0.25) is 0 Å². The van der Waals surface area contributed by atoms with Crippen molar-refractivity contribution in [3.8, 4) is 0 Å². The Bertz CT molecular complexity index is 598. The van der Waals surface area contributed by atoms with E-state index in [2.05, 4.69) is 15.6 Å². The first kappa shape index (κ1) is 17.5. The average Bonchev–Trinajstić information content (AvgIpc) is 2.85. The SMILES string of the molecule is CCC(C)NC(=O)c1nc(C(=O)NC(C)(C)C)n2c1CCCC2. The Balaban J connectivity index is 2.34. The van der Waals surface area contributed by atoms with E-state index in [1.165, 1.54) is 0 Å². The molecule has 128 valence electrons. The molecular formula is C17H28N4O2. The van der Waals surface area contributed by atoms with Gasteiger partial charge in [0.1, 0.15) is 5.69 Å². The maximum atomic E-state index is 12.5. The summed E-state index contributed by atoms with van der Waals surface area (Å²) in [5.74, 6) is -0.0491. The summed E-state index contributed by atoms with van der Waals surface area (Å²) in [6.45, 7) is 10.5. The van der Waals surface area contributed by atoms with Gasteiger partial charge in [0.05, 0.1) is 5.69 Å². The van der Waals surface area contributed by atoms with Crippen molar-refractivity contribution in [3.63, 3.8) is 0 Å². The molecule has 0 aromatic carbocycles. The van der Waals surface area contributed by atoms with E-state index in [-0.39, 0.29) is 23.4 Å². The Kier molecular flexibility index (Phi) is 5.12. The third-order valence-electron chi connectivity index (χ3n) is 4.01. The summed E-state index contributed by atoms with van der Waals surface area (Å²) in [4.78, 5) is 29.4. The fraction of sp³-hybridized carbons (Fsp3) is 0.706. The van der Waals surface area contributed by atoms with Gasteiger partial charge < -0.3 is 15.2 Å². The Morgan fingerprint density at radius 1 is 1.26 bits per heavy atom. The third-order valence-corrected chi connectivity index (χ3v) is 4.01. The van der Waals surface area contributed by atoms with Crippen LogP contribution in [0.5, 0.6) is 0 Å². The normalized spacial score (nSPS) is 15.7. The summed E-state index contributed by atoms with van der Waals surface area (Å²) < 4.78 is 1.91. The van der Waals surface area contributed by atoms with Gasteiger partial charge in [-0.05, 0) is 53.4 Å². The Labute approximate surface area is 138 Å². The molecule has 1 aromatic heterocycles. The molecule has 2 amide bonds. The van der Waals surface area contributed by atoms with Crippen LogP contribution >= 0.6 is 0 Å². The minimum atomic E-state index is -0.336. The van der Waals surface area contributed by atoms with Crippen molar-refractivity contribution < 1.29 is 9.59 Å². The summed E-state index contributed by atoms with van der Waals surface area (Å²) in [6, 6.07) is 0.0929. The van der Waals surface area contributed by atoms with Crippen molar-refractivity contribution in [2.75, 3.05) is 0 Å². The van der Waals surface area contributed by atoms with Crippen molar-refractivity contribution in [3.05, 3.63) is 17.2 Å². The zero-order valence-electron chi connectivity index (χ0n) is 14.8. The first-order valence-electron chi connectivity index (χ1n) is 8.45. The first-order chi connectivity index (χ1) is 10.7. The smallest absolute Gasteiger partial charge is 0.287 e. The lowest BCUT2D eigenvalue weighted by molar-refractivity contribution is 0.0903. The van der Waals surface area contributed by atoms with Crippen LogP contribution in [0.25, 0.3) is 0 Å². The van der Waals surface area contributed by atoms with Gasteiger partial charge in [0.25, 0.3) is 11.8 Å². The zero-order valence-corrected chi connectivity index (χ0v) is 14.8. The van der Waals surface area contributed by atoms with Crippen molar-refractivity contribution >= 4 is 11.8 Å². The Morgan fingerprint density at radius 3 is 2.57 bits per heavy atom. The zero-order chi connectivity index (χ0) is 17.2. The molecule has 0 spiro atoms. The highest BCUT2D eigenvalue weighted by atomic mass is 16.2. The van der Waals surface area contributed by atoms with Crippen molar-refractivity contribution in [2.45, 2.75) is 78.4 Å². The Morgan fingerprint density at radius 2 is 1.96 bits per heavy atom. The number of carbonyl (C=O) groups excluding carboxylic acids is 2. The fourth-order valence-corrected chi connectivity index (χ4v) is 2.69. The van der Waals surface area contributed by atoms with Gasteiger partial charge >= 0.3 is 0 Å². The first-order valence-corrected chi connectivity index (χ1v) is 8.45. The van der Waals surface area contributed by atoms with Crippen LogP contribution in [-0.4, -0.2) is 32.9 Å². The lowest BCUT2D eigenvalue weighted by Gasteiger charge is -2.22. The van der Waals surface area contributed by atoms with Crippen molar-refractivity contribution in [1.29, 1.82) is 0 Å². The Hall–Kier alpha value is -1.85. The minimum Gasteiger partial charge on any atom is -0.348 e. The average molecular weight is 320 g/mol. The summed E-state index contributed by atoms with van der Waals surface area (Å²) >= 11 is 0. The van der Waals surface area contributed by atoms with E-state index in [0.29, 0.717) is 11.5 Å². The van der Waals surface area contributed by atoms with Gasteiger partial charge in [-0.15, -0.1) is 0 Å². The van der Waals surface area contributed by atoms with E-state index >= 15 is 0 Å². The molecule has 1 aromatic rings. The van der Waals surface area contributed by atoms with Crippen LogP contribution in [0, 0.1) is 0 Å². The predicted octanol–water partition coefficient (Wildman–Crippen LogP) is 2.28. The van der Waals surface area contributed by atoms with E-state index in [4.69, 9.17) is 0 Å². The van der Waals surface area contributed by atoms with Crippen LogP contribution in [0.4, 0.5) is 0 Å². The minimum absolute atomic E-state index is 0.0929. The number of amides is 2. The number of nitrogens with zero attached hydrogens (tertiary/aromatic N) is 2. The van der Waals surface area contributed by atoms with Crippen LogP contribution < -0.4 is 10.6 Å². The number of nitrogens with one attached hydrogen (secondary N) is 2. The molecule has 0 fully saturated rings. The van der Waals surface area contributed by atoms with E-state index in [9.17, 15) is 9.59 Å². The van der Waals surface area contributed by atoms with Crippen LogP contribution in [0.1, 0.15) is 80.7 Å². The lowest BCUT2D eigenvalue weighted by Crippen LogP contribution is -2.42. The quantitative estimate of drug-likeness (QED) is 0.893. The summed E-state index contributed by atoms with van der Waals surface area (Å²) in [7, 11) is 0. The number of aromatic nitrogens is 2. The fourth-order valence-electron chi connectivity index (χ4n) is 2.69. The highest BCUT2D eigenvalue weighted by Crippen LogP contribution is 2.21. The molecule has 1 atom stereocenters. The van der Waals surface area contributed by atoms with Gasteiger partial charge in [-0.1, -0.05) is 6.92 Å². The predicted molar refractivity (Wildman–Crippen MR) is 89.6 cm³/mol. The van der Waals surface area contributed by atoms with Gasteiger partial charge in [-0.2, -0.15) is 0 Å². The molecule has 0 saturated carbocycles. The molecule has 1 aliphatic heterocycles. The van der Waals surface area contributed by atoms with Gasteiger partial charge in [0.2, 0.25) is 0 Å². The van der Waals surface area contributed by atoms with Crippen molar-refractivity contribution in [2.24, 2.45) is 0 Å². The van der Waals surface area contributed by atoms with Gasteiger partial charge in [-0.3, -0.25) is 9.59 Å². The number of rotatable bonds is 4. The maximum absolute atomic E-state index is 12.5. The molecule has 2 rings (SSSR count). The molecule has 2 heterocycles. The number of hydrogen-bond acceptors (Lipinski definition) is 3. The molecule has 2 N–H and O–H groups in total. The molecule has 0 saturated heterocycles. The van der Waals surface area contributed by atoms with Gasteiger partial charge in [-0.25, -0.2) is 4.98 Å². The molecular weight excluding hydrogens is 292 g/mol. The van der Waals surface area contributed by atoms with E-state index < -0.39 is 0 Å². The van der Waals surface area contributed by atoms with Gasteiger partial charge in [0.15, 0.2) is 5.82 Å². The maximum Gasteiger partial charge on any atom is 0.287 e. The molecule has 1 unspecified atom stereocenters. The molecule has 0 aliphatic carbocycles. The highest BCUT2D eigenvalue weighted by Gasteiger charge is 2.29. The molecule has 0 bridgehead atoms. The van der Waals surface area contributed by atoms with E-state index in [1.807, 2.05) is 39.2 Å². The van der Waals surface area contributed by atoms with Crippen LogP contribution in [0.3, 0.4) is 0 Å². The second-order valence-electron chi connectivity index (χ2n) is 7.33. The number of imidazole rings is 1. The standard InChI is InChI=1S/C17H28N4O2/c1-6-11(2)18-15(22)13-12-9-7-8-10-21(12)14(19-13)16(23)20-17(3,4)5/h11H,6-10H2,1-5H3,(H,18,22)(H,20,23). The van der Waals surface area contributed by atoms with Crippen LogP contribution in [-0.2, 0) is 13.0 Å². The van der Waals surface area contributed by atoms with E-state index in [0.717, 1.165) is 37.9 Å². The molecule has 1 aliphatic rings. The second-order valence-corrected chi connectivity index (χ2v) is 7.33. The molecule has 23 heavy (non-hydrogen) atoms. The largest absolute Gasteiger partial charge is 0.348 e. The monoisotopic (exact) mass is 320 g/mol. The summed E-state index contributed by atoms with van der Waals surface area (Å²) in [6.07, 6.45) is 3.68. The second kappa shape index (κ2) is 6.72. The van der Waals surface area contributed by atoms with Gasteiger partial charge in [0, 0.05) is 18.1 Å². The molecule has 6 nitrogen and oxygen atoms in total. The van der Waals surface area contributed by atoms with Crippen molar-refractivity contribution in [1.82, 2.24) is 20.2 Å². The molecule has 0 radical (unpaired) electrons.